The van der Waals surface area contributed by atoms with E-state index in [1.807, 2.05) is 52.1 Å². The van der Waals surface area contributed by atoms with E-state index in [2.05, 4.69) is 54.8 Å². The van der Waals surface area contributed by atoms with Crippen molar-refractivity contribution in [3.05, 3.63) is 58.2 Å². The first-order valence-electron chi connectivity index (χ1n) is 22.7. The van der Waals surface area contributed by atoms with E-state index in [1.165, 1.54) is 16.3 Å². The van der Waals surface area contributed by atoms with Crippen LogP contribution in [0.5, 0.6) is 0 Å². The number of thiazole rings is 1. The van der Waals surface area contributed by atoms with Gasteiger partial charge in [-0.15, -0.1) is 11.3 Å². The fraction of sp³-hybridized carbons (Fsp3) is 0.583. The molecule has 6 bridgehead atoms. The number of nitrogens with one attached hydrogen (secondary N) is 2. The molecule has 1 saturated carbocycles. The van der Waals surface area contributed by atoms with Crippen LogP contribution in [-0.2, 0) is 51.1 Å². The highest BCUT2D eigenvalue weighted by molar-refractivity contribution is 7.10. The van der Waals surface area contributed by atoms with Crippen LogP contribution in [0, 0.1) is 23.2 Å². The summed E-state index contributed by atoms with van der Waals surface area (Å²) in [6.45, 7) is 22.7. The van der Waals surface area contributed by atoms with E-state index in [4.69, 9.17) is 28.9 Å². The first kappa shape index (κ1) is 47.2. The van der Waals surface area contributed by atoms with Gasteiger partial charge in [0.05, 0.1) is 54.3 Å². The largest absolute Gasteiger partial charge is 0.464 e. The number of amides is 3. The predicted molar refractivity (Wildman–Crippen MR) is 247 cm³/mol. The SMILES string of the molecule is C=C/C(=C(\N=CC)[C@H](C)OC)c1c2c3cc(ccc3n1CC)-c1csc(n1)[C@@H](OCC)[C@H](NC(=O)[C@@H]1[C@@H](C)[C@H]1C(=O)N1CCO[C@H](C)C1)C(=O)N1CCC[C@H](N1)C(=O)OCC(C)(C)C2. The minimum atomic E-state index is -1.23. The number of cyclic esters (lactones) is 1. The third-order valence-electron chi connectivity index (χ3n) is 13.0. The van der Waals surface area contributed by atoms with Gasteiger partial charge in [0.1, 0.15) is 23.2 Å². The number of rotatable bonds is 11. The van der Waals surface area contributed by atoms with Crippen molar-refractivity contribution in [2.75, 3.05) is 46.6 Å². The van der Waals surface area contributed by atoms with Crippen molar-refractivity contribution < 1.29 is 38.1 Å². The minimum absolute atomic E-state index is 0.0790. The highest BCUT2D eigenvalue weighted by Gasteiger charge is 2.58. The molecule has 1 aliphatic carbocycles. The topological polar surface area (TPSA) is 166 Å². The van der Waals surface area contributed by atoms with E-state index >= 15 is 0 Å². The second-order valence-corrected chi connectivity index (χ2v) is 19.0. The standard InChI is InChI=1S/C48H65N7O8S/c1-11-31(39(49-12-2)29(7)60-10)41-33-23-48(8,9)26-63-47(59)34-16-15-19-55(52-34)46(58)40(51-43(56)37-28(6)38(37)45(57)53-20-21-62-27(5)24-53)42(61-14-4)44-50-35(25-64-44)30-17-18-36(32(33)22-30)54(41)13-3/h11-12,17-18,22,25,27-29,34,37-38,40,42,52H,1,13-16,19-21,23-24,26H2,2-10H3,(H,51,56)/b39-31+,49-12?/t27-,28-,29+,34+,37-,38-,40+,42+/m1/s1. The number of ether oxygens (including phenoxy) is 4. The molecule has 0 spiro atoms. The van der Waals surface area contributed by atoms with Crippen molar-refractivity contribution in [3.63, 3.8) is 0 Å². The predicted octanol–water partition coefficient (Wildman–Crippen LogP) is 6.12. The molecule has 3 fully saturated rings. The van der Waals surface area contributed by atoms with Crippen LogP contribution >= 0.6 is 11.3 Å². The van der Waals surface area contributed by atoms with Gasteiger partial charge < -0.3 is 33.7 Å². The van der Waals surface area contributed by atoms with E-state index in [0.29, 0.717) is 62.7 Å². The number of esters is 1. The van der Waals surface area contributed by atoms with Crippen LogP contribution in [0.3, 0.4) is 0 Å². The Balaban J connectivity index is 1.34. The lowest BCUT2D eigenvalue weighted by molar-refractivity contribution is -0.156. The van der Waals surface area contributed by atoms with Crippen molar-refractivity contribution in [1.82, 2.24) is 30.2 Å². The number of aliphatic imine (C=N–C) groups is 1. The average Bonchev–Trinajstić information content (AvgIpc) is 3.57. The highest BCUT2D eigenvalue weighted by Crippen LogP contribution is 2.48. The Hall–Kier alpha value is -4.74. The Labute approximate surface area is 380 Å². The Morgan fingerprint density at radius 2 is 1.97 bits per heavy atom. The second-order valence-electron chi connectivity index (χ2n) is 18.1. The monoisotopic (exact) mass is 899 g/mol. The van der Waals surface area contributed by atoms with Crippen molar-refractivity contribution in [3.8, 4) is 11.3 Å². The molecule has 2 saturated heterocycles. The summed E-state index contributed by atoms with van der Waals surface area (Å²) in [6, 6.07) is 4.27. The third-order valence-corrected chi connectivity index (χ3v) is 13.9. The molecule has 16 heteroatoms. The molecule has 7 rings (SSSR count). The number of fused-ring (bicyclic) bond motifs is 6. The minimum Gasteiger partial charge on any atom is -0.464 e. The van der Waals surface area contributed by atoms with Gasteiger partial charge in [0, 0.05) is 78.9 Å². The number of morpholine rings is 1. The molecule has 346 valence electrons. The molecule has 0 radical (unpaired) electrons. The summed E-state index contributed by atoms with van der Waals surface area (Å²) < 4.78 is 26.3. The van der Waals surface area contributed by atoms with Crippen LogP contribution in [0.15, 0.2) is 46.9 Å². The molecule has 2 aromatic heterocycles. The molecular formula is C48H65N7O8S. The van der Waals surface area contributed by atoms with Gasteiger partial charge in [0.25, 0.3) is 5.91 Å². The number of hydrazine groups is 1. The molecule has 3 amide bonds. The maximum atomic E-state index is 14.8. The number of aromatic nitrogens is 2. The molecule has 15 nitrogen and oxygen atoms in total. The third kappa shape index (κ3) is 9.48. The van der Waals surface area contributed by atoms with E-state index in [0.717, 1.165) is 39.0 Å². The van der Waals surface area contributed by atoms with E-state index < -0.39 is 53.2 Å². The number of allylic oxidation sites excluding steroid dienone is 2. The molecule has 5 heterocycles. The summed E-state index contributed by atoms with van der Waals surface area (Å²) >= 11 is 1.35. The Morgan fingerprint density at radius 1 is 1.19 bits per heavy atom. The maximum absolute atomic E-state index is 14.8. The lowest BCUT2D eigenvalue weighted by Crippen LogP contribution is -2.61. The number of hydrogen-bond acceptors (Lipinski definition) is 12. The zero-order valence-electron chi connectivity index (χ0n) is 38.8. The van der Waals surface area contributed by atoms with Crippen LogP contribution in [0.1, 0.15) is 90.6 Å². The molecule has 64 heavy (non-hydrogen) atoms. The molecule has 8 atom stereocenters. The first-order chi connectivity index (χ1) is 30.7. The van der Waals surface area contributed by atoms with Gasteiger partial charge in [-0.3, -0.25) is 29.2 Å². The fourth-order valence-corrected chi connectivity index (χ4v) is 10.5. The summed E-state index contributed by atoms with van der Waals surface area (Å²) in [5.74, 6) is -2.78. The summed E-state index contributed by atoms with van der Waals surface area (Å²) in [5, 5.41) is 7.91. The number of carbonyl (C=O) groups is 4. The Morgan fingerprint density at radius 3 is 2.66 bits per heavy atom. The summed E-state index contributed by atoms with van der Waals surface area (Å²) in [6.07, 6.45) is 3.74. The second kappa shape index (κ2) is 19.8. The highest BCUT2D eigenvalue weighted by atomic mass is 32.1. The molecule has 0 unspecified atom stereocenters. The summed E-state index contributed by atoms with van der Waals surface area (Å²) in [5.41, 5.74) is 8.79. The first-order valence-corrected chi connectivity index (χ1v) is 23.6. The smallest absolute Gasteiger partial charge is 0.324 e. The number of nitrogens with zero attached hydrogens (tertiary/aromatic N) is 5. The van der Waals surface area contributed by atoms with Crippen molar-refractivity contribution in [2.24, 2.45) is 28.2 Å². The van der Waals surface area contributed by atoms with Crippen LogP contribution in [0.4, 0.5) is 0 Å². The molecule has 3 aromatic rings. The lowest BCUT2D eigenvalue weighted by Gasteiger charge is -2.37. The maximum Gasteiger partial charge on any atom is 0.324 e. The van der Waals surface area contributed by atoms with E-state index in [1.54, 1.807) is 18.2 Å². The number of carbonyl (C=O) groups excluding carboxylic acids is 4. The van der Waals surface area contributed by atoms with Gasteiger partial charge >= 0.3 is 5.97 Å². The fourth-order valence-electron chi connectivity index (χ4n) is 9.57. The zero-order chi connectivity index (χ0) is 46.0. The van der Waals surface area contributed by atoms with Crippen LogP contribution in [0.2, 0.25) is 0 Å². The number of benzene rings is 1. The number of hydrogen-bond donors (Lipinski definition) is 2. The van der Waals surface area contributed by atoms with Crippen LogP contribution in [-0.4, -0.2) is 120 Å². The summed E-state index contributed by atoms with van der Waals surface area (Å²) in [4.78, 5) is 68.5. The quantitative estimate of drug-likeness (QED) is 0.130. The Bertz CT molecular complexity index is 2320. The number of methoxy groups -OCH3 is 1. The van der Waals surface area contributed by atoms with Gasteiger partial charge in [-0.05, 0) is 77.5 Å². The average molecular weight is 900 g/mol. The normalized spacial score (nSPS) is 27.2. The van der Waals surface area contributed by atoms with Crippen LogP contribution < -0.4 is 10.7 Å². The number of aryl methyl sites for hydroxylation is 1. The van der Waals surface area contributed by atoms with E-state index in [-0.39, 0.29) is 37.2 Å². The van der Waals surface area contributed by atoms with Gasteiger partial charge in [-0.25, -0.2) is 10.4 Å². The lowest BCUT2D eigenvalue weighted by atomic mass is 9.84. The summed E-state index contributed by atoms with van der Waals surface area (Å²) in [7, 11) is 1.67. The van der Waals surface area contributed by atoms with Gasteiger partial charge in [-0.2, -0.15) is 0 Å². The zero-order valence-corrected chi connectivity index (χ0v) is 39.6. The van der Waals surface area contributed by atoms with Gasteiger partial charge in [0.15, 0.2) is 0 Å². The van der Waals surface area contributed by atoms with E-state index in [9.17, 15) is 19.2 Å². The Kier molecular flexibility index (Phi) is 14.6. The molecule has 3 aliphatic heterocycles. The molecule has 4 aliphatic rings. The van der Waals surface area contributed by atoms with Gasteiger partial charge in [0.2, 0.25) is 11.8 Å². The molecule has 2 N–H and O–H groups in total. The molecule has 1 aromatic carbocycles. The van der Waals surface area contributed by atoms with Gasteiger partial charge in [-0.1, -0.05) is 39.5 Å². The van der Waals surface area contributed by atoms with Crippen molar-refractivity contribution >= 4 is 57.7 Å². The van der Waals surface area contributed by atoms with Crippen molar-refractivity contribution in [1.29, 1.82) is 0 Å². The van der Waals surface area contributed by atoms with Crippen molar-refractivity contribution in [2.45, 2.75) is 112 Å². The molecular weight excluding hydrogens is 835 g/mol. The van der Waals surface area contributed by atoms with Crippen LogP contribution in [0.25, 0.3) is 27.7 Å².